The van der Waals surface area contributed by atoms with E-state index in [2.05, 4.69) is 4.74 Å². The number of para-hydroxylation sites is 1. The molecule has 0 atom stereocenters. The minimum Gasteiger partial charge on any atom is -0.478 e. The van der Waals surface area contributed by atoms with Crippen molar-refractivity contribution in [2.75, 3.05) is 4.84 Å². The fourth-order valence-corrected chi connectivity index (χ4v) is 1.21. The molecule has 1 aromatic rings. The number of alkyl halides is 3. The van der Waals surface area contributed by atoms with Crippen LogP contribution in [0.3, 0.4) is 0 Å². The van der Waals surface area contributed by atoms with Gasteiger partial charge in [-0.05, 0) is 12.1 Å². The smallest absolute Gasteiger partial charge is 0.478 e. The Morgan fingerprint density at radius 1 is 1.44 bits per heavy atom. The highest BCUT2D eigenvalue weighted by atomic mass is 35.5. The van der Waals surface area contributed by atoms with Crippen molar-refractivity contribution in [3.8, 4) is 5.75 Å². The fourth-order valence-electron chi connectivity index (χ4n) is 1.02. The van der Waals surface area contributed by atoms with Gasteiger partial charge in [0.2, 0.25) is 0 Å². The second-order valence-electron chi connectivity index (χ2n) is 2.63. The normalized spacial score (nSPS) is 11.0. The molecular weight excluding hydrogens is 251 g/mol. The topological polar surface area (TPSA) is 58.6 Å². The highest BCUT2D eigenvalue weighted by Crippen LogP contribution is 2.33. The Balaban J connectivity index is 3.19. The van der Waals surface area contributed by atoms with Gasteiger partial charge in [-0.15, -0.1) is 13.2 Å². The summed E-state index contributed by atoms with van der Waals surface area (Å²) in [5.74, 6) is -2.13. The largest absolute Gasteiger partial charge is 0.573 e. The summed E-state index contributed by atoms with van der Waals surface area (Å²) in [5, 5.41) is 8.68. The molecule has 88 valence electrons. The zero-order valence-electron chi connectivity index (χ0n) is 7.51. The van der Waals surface area contributed by atoms with E-state index in [1.807, 2.05) is 4.84 Å². The average molecular weight is 256 g/mol. The van der Waals surface area contributed by atoms with E-state index in [0.717, 1.165) is 18.2 Å². The van der Waals surface area contributed by atoms with Crippen LogP contribution in [0.5, 0.6) is 5.75 Å². The first-order chi connectivity index (χ1) is 7.35. The minimum absolute atomic E-state index is 0.420. The number of carboxylic acid groups (broad SMARTS) is 1. The Hall–Kier alpha value is -1.63. The van der Waals surface area contributed by atoms with Gasteiger partial charge in [0.1, 0.15) is 5.69 Å². The van der Waals surface area contributed by atoms with Gasteiger partial charge < -0.3 is 9.84 Å². The molecule has 0 unspecified atom stereocenters. The maximum absolute atomic E-state index is 11.9. The van der Waals surface area contributed by atoms with Crippen LogP contribution >= 0.6 is 11.8 Å². The molecule has 0 saturated heterocycles. The van der Waals surface area contributed by atoms with E-state index in [-0.39, 0.29) is 0 Å². The molecule has 0 radical (unpaired) electrons. The molecule has 0 heterocycles. The van der Waals surface area contributed by atoms with Crippen molar-refractivity contribution in [1.82, 2.24) is 0 Å². The molecule has 16 heavy (non-hydrogen) atoms. The number of halogens is 4. The SMILES string of the molecule is O=C(O)c1cccc(OC(F)(F)F)c1NCl. The number of carboxylic acids is 1. The number of benzene rings is 1. The molecule has 4 nitrogen and oxygen atoms in total. The maximum atomic E-state index is 11.9. The fraction of sp³-hybridized carbons (Fsp3) is 0.125. The van der Waals surface area contributed by atoms with Crippen LogP contribution in [0, 0.1) is 0 Å². The van der Waals surface area contributed by atoms with Crippen LogP contribution in [0.15, 0.2) is 18.2 Å². The predicted octanol–water partition coefficient (Wildman–Crippen LogP) is 2.85. The van der Waals surface area contributed by atoms with E-state index in [0.29, 0.717) is 0 Å². The number of aromatic carboxylic acids is 1. The molecule has 0 bridgehead atoms. The molecule has 0 amide bonds. The molecule has 0 spiro atoms. The highest BCUT2D eigenvalue weighted by molar-refractivity contribution is 6.25. The standard InChI is InChI=1S/C8H5ClF3NO3/c9-13-6-4(7(14)15)2-1-3-5(6)16-8(10,11)12/h1-3,13H,(H,14,15). The third-order valence-electron chi connectivity index (χ3n) is 1.58. The summed E-state index contributed by atoms with van der Waals surface area (Å²) in [5.41, 5.74) is -0.870. The first-order valence-electron chi connectivity index (χ1n) is 3.84. The van der Waals surface area contributed by atoms with Gasteiger partial charge in [0.25, 0.3) is 0 Å². The molecule has 2 N–H and O–H groups in total. The van der Waals surface area contributed by atoms with Gasteiger partial charge in [0, 0.05) is 11.8 Å². The summed E-state index contributed by atoms with van der Waals surface area (Å²) in [7, 11) is 0. The number of rotatable bonds is 3. The first-order valence-corrected chi connectivity index (χ1v) is 4.21. The van der Waals surface area contributed by atoms with Crippen LogP contribution in [-0.2, 0) is 0 Å². The van der Waals surface area contributed by atoms with Crippen molar-refractivity contribution in [3.05, 3.63) is 23.8 Å². The van der Waals surface area contributed by atoms with E-state index in [4.69, 9.17) is 16.9 Å². The van der Waals surface area contributed by atoms with Crippen LogP contribution in [-0.4, -0.2) is 17.4 Å². The lowest BCUT2D eigenvalue weighted by molar-refractivity contribution is -0.274. The van der Waals surface area contributed by atoms with Gasteiger partial charge >= 0.3 is 12.3 Å². The molecule has 1 aromatic carbocycles. The summed E-state index contributed by atoms with van der Waals surface area (Å²) in [4.78, 5) is 12.5. The number of hydrogen-bond donors (Lipinski definition) is 2. The molecule has 1 rings (SSSR count). The lowest BCUT2D eigenvalue weighted by Crippen LogP contribution is -2.18. The van der Waals surface area contributed by atoms with Crippen LogP contribution in [0.2, 0.25) is 0 Å². The van der Waals surface area contributed by atoms with Gasteiger partial charge in [-0.25, -0.2) is 4.79 Å². The van der Waals surface area contributed by atoms with Crippen molar-refractivity contribution in [3.63, 3.8) is 0 Å². The summed E-state index contributed by atoms with van der Waals surface area (Å²) < 4.78 is 39.5. The highest BCUT2D eigenvalue weighted by Gasteiger charge is 2.33. The molecular formula is C8H5ClF3NO3. The zero-order chi connectivity index (χ0) is 12.3. The lowest BCUT2D eigenvalue weighted by atomic mass is 10.1. The van der Waals surface area contributed by atoms with E-state index in [1.165, 1.54) is 0 Å². The second-order valence-corrected chi connectivity index (χ2v) is 2.82. The molecule has 0 aliphatic heterocycles. The average Bonchev–Trinajstić information content (AvgIpc) is 2.14. The third-order valence-corrected chi connectivity index (χ3v) is 1.77. The number of anilines is 1. The molecule has 0 aliphatic rings. The second kappa shape index (κ2) is 4.48. The van der Waals surface area contributed by atoms with E-state index in [9.17, 15) is 18.0 Å². The van der Waals surface area contributed by atoms with Crippen LogP contribution < -0.4 is 9.57 Å². The number of hydrogen-bond acceptors (Lipinski definition) is 3. The Kier molecular flexibility index (Phi) is 3.48. The molecule has 0 fully saturated rings. The molecule has 0 aliphatic carbocycles. The Labute approximate surface area is 92.7 Å². The summed E-state index contributed by atoms with van der Waals surface area (Å²) >= 11 is 5.15. The van der Waals surface area contributed by atoms with Crippen molar-refractivity contribution >= 4 is 23.4 Å². The minimum atomic E-state index is -4.92. The van der Waals surface area contributed by atoms with E-state index < -0.39 is 29.3 Å². The molecule has 0 saturated carbocycles. The first kappa shape index (κ1) is 12.4. The van der Waals surface area contributed by atoms with Gasteiger partial charge in [0.15, 0.2) is 5.75 Å². The van der Waals surface area contributed by atoms with Crippen LogP contribution in [0.25, 0.3) is 0 Å². The zero-order valence-corrected chi connectivity index (χ0v) is 8.26. The quantitative estimate of drug-likeness (QED) is 0.816. The van der Waals surface area contributed by atoms with Crippen molar-refractivity contribution < 1.29 is 27.8 Å². The molecule has 8 heteroatoms. The van der Waals surface area contributed by atoms with Crippen molar-refractivity contribution in [2.45, 2.75) is 6.36 Å². The molecule has 0 aromatic heterocycles. The van der Waals surface area contributed by atoms with Gasteiger partial charge in [-0.2, -0.15) is 0 Å². The summed E-state index contributed by atoms with van der Waals surface area (Å²) in [6.45, 7) is 0. The monoisotopic (exact) mass is 255 g/mol. The summed E-state index contributed by atoms with van der Waals surface area (Å²) in [6, 6.07) is 3.16. The Morgan fingerprint density at radius 2 is 2.06 bits per heavy atom. The van der Waals surface area contributed by atoms with Gasteiger partial charge in [0.05, 0.1) is 5.56 Å². The number of nitrogens with one attached hydrogen (secondary N) is 1. The van der Waals surface area contributed by atoms with E-state index in [1.54, 1.807) is 0 Å². The number of ether oxygens (including phenoxy) is 1. The third kappa shape index (κ3) is 2.93. The number of carbonyl (C=O) groups is 1. The maximum Gasteiger partial charge on any atom is 0.573 e. The van der Waals surface area contributed by atoms with Crippen LogP contribution in [0.4, 0.5) is 18.9 Å². The predicted molar refractivity (Wildman–Crippen MR) is 49.6 cm³/mol. The van der Waals surface area contributed by atoms with E-state index >= 15 is 0 Å². The Morgan fingerprint density at radius 3 is 2.50 bits per heavy atom. The summed E-state index contributed by atoms with van der Waals surface area (Å²) in [6.07, 6.45) is -4.92. The van der Waals surface area contributed by atoms with Crippen LogP contribution in [0.1, 0.15) is 10.4 Å². The van der Waals surface area contributed by atoms with Gasteiger partial charge in [-0.1, -0.05) is 6.07 Å². The van der Waals surface area contributed by atoms with Crippen molar-refractivity contribution in [2.24, 2.45) is 0 Å². The Bertz CT molecular complexity index is 408. The van der Waals surface area contributed by atoms with Crippen molar-refractivity contribution in [1.29, 1.82) is 0 Å². The van der Waals surface area contributed by atoms with Gasteiger partial charge in [-0.3, -0.25) is 4.84 Å². The lowest BCUT2D eigenvalue weighted by Gasteiger charge is -2.13.